The van der Waals surface area contributed by atoms with Crippen LogP contribution in [0, 0.1) is 6.92 Å². The number of carbonyl (C=O) groups excluding carboxylic acids is 2. The fourth-order valence-electron chi connectivity index (χ4n) is 4.03. The summed E-state index contributed by atoms with van der Waals surface area (Å²) in [5.41, 5.74) is 1.58. The Hall–Kier alpha value is -4.21. The second-order valence-electron chi connectivity index (χ2n) is 9.53. The molecule has 0 atom stereocenters. The van der Waals surface area contributed by atoms with Crippen LogP contribution in [0.1, 0.15) is 49.2 Å². The average molecular weight is 491 g/mol. The lowest BCUT2D eigenvalue weighted by Crippen LogP contribution is -2.36. The zero-order valence-corrected chi connectivity index (χ0v) is 21.0. The second kappa shape index (κ2) is 9.80. The number of rotatable bonds is 7. The highest BCUT2D eigenvalue weighted by Crippen LogP contribution is 2.16. The quantitative estimate of drug-likeness (QED) is 0.410. The minimum absolute atomic E-state index is 0.0827. The van der Waals surface area contributed by atoms with Crippen LogP contribution in [0.4, 0.5) is 0 Å². The Morgan fingerprint density at radius 2 is 1.61 bits per heavy atom. The van der Waals surface area contributed by atoms with Crippen molar-refractivity contribution in [3.63, 3.8) is 0 Å². The molecule has 0 unspecified atom stereocenters. The first-order chi connectivity index (χ1) is 17.0. The Balaban J connectivity index is 1.95. The first-order valence-electron chi connectivity index (χ1n) is 11.9. The van der Waals surface area contributed by atoms with Gasteiger partial charge in [-0.15, -0.1) is 5.10 Å². The van der Waals surface area contributed by atoms with E-state index in [1.807, 2.05) is 58.9 Å². The third-order valence-corrected chi connectivity index (χ3v) is 5.66. The van der Waals surface area contributed by atoms with Crippen LogP contribution in [-0.2, 0) is 17.9 Å². The van der Waals surface area contributed by atoms with Crippen molar-refractivity contribution in [3.05, 3.63) is 80.0 Å². The monoisotopic (exact) mass is 490 g/mol. The number of benzene rings is 2. The van der Waals surface area contributed by atoms with E-state index in [9.17, 15) is 19.2 Å². The van der Waals surface area contributed by atoms with Gasteiger partial charge in [-0.05, 0) is 58.4 Å². The summed E-state index contributed by atoms with van der Waals surface area (Å²) in [5.74, 6) is -0.596. The van der Waals surface area contributed by atoms with Crippen molar-refractivity contribution < 1.29 is 9.59 Å². The molecule has 10 nitrogen and oxygen atoms in total. The number of carbonyl (C=O) groups is 2. The van der Waals surface area contributed by atoms with E-state index in [2.05, 4.69) is 15.7 Å². The predicted octanol–water partition coefficient (Wildman–Crippen LogP) is 1.83. The number of nitrogens with zero attached hydrogens (tertiary/aromatic N) is 4. The van der Waals surface area contributed by atoms with Crippen LogP contribution in [0.5, 0.6) is 0 Å². The summed E-state index contributed by atoms with van der Waals surface area (Å²) in [7, 11) is 0. The molecule has 0 fully saturated rings. The van der Waals surface area contributed by atoms with E-state index in [-0.39, 0.29) is 59.2 Å². The van der Waals surface area contributed by atoms with E-state index >= 15 is 0 Å². The number of nitrogens with one attached hydrogen (secondary N) is 2. The van der Waals surface area contributed by atoms with Crippen LogP contribution >= 0.6 is 0 Å². The molecular weight excluding hydrogens is 460 g/mol. The lowest BCUT2D eigenvalue weighted by molar-refractivity contribution is -0.122. The van der Waals surface area contributed by atoms with Gasteiger partial charge >= 0.3 is 5.69 Å². The Morgan fingerprint density at radius 3 is 2.25 bits per heavy atom. The summed E-state index contributed by atoms with van der Waals surface area (Å²) in [6.07, 6.45) is 0. The molecule has 4 aromatic rings. The van der Waals surface area contributed by atoms with Gasteiger partial charge in [0.15, 0.2) is 0 Å². The van der Waals surface area contributed by atoms with Crippen LogP contribution in [0.25, 0.3) is 16.7 Å². The Morgan fingerprint density at radius 1 is 0.944 bits per heavy atom. The zero-order chi connectivity index (χ0) is 26.1. The molecule has 0 bridgehead atoms. The third kappa shape index (κ3) is 4.93. The van der Waals surface area contributed by atoms with Gasteiger partial charge in [0.05, 0.1) is 17.4 Å². The normalized spacial score (nSPS) is 11.5. The van der Waals surface area contributed by atoms with Crippen LogP contribution in [0.15, 0.2) is 52.1 Å². The van der Waals surface area contributed by atoms with Gasteiger partial charge in [-0.2, -0.15) is 0 Å². The minimum Gasteiger partial charge on any atom is -0.352 e. The molecule has 4 rings (SSSR count). The van der Waals surface area contributed by atoms with Gasteiger partial charge in [0.2, 0.25) is 11.7 Å². The number of amides is 2. The van der Waals surface area contributed by atoms with Crippen molar-refractivity contribution in [2.24, 2.45) is 0 Å². The molecule has 2 amide bonds. The highest BCUT2D eigenvalue weighted by Gasteiger charge is 2.20. The van der Waals surface area contributed by atoms with Gasteiger partial charge < -0.3 is 10.6 Å². The number of hydrogen-bond donors (Lipinski definition) is 2. The lowest BCUT2D eigenvalue weighted by atomic mass is 10.1. The summed E-state index contributed by atoms with van der Waals surface area (Å²) >= 11 is 0. The zero-order valence-electron chi connectivity index (χ0n) is 21.0. The van der Waals surface area contributed by atoms with Crippen molar-refractivity contribution in [2.45, 2.75) is 59.8 Å². The molecule has 2 aromatic heterocycles. The largest absolute Gasteiger partial charge is 0.352 e. The maximum Gasteiger partial charge on any atom is 0.352 e. The molecule has 188 valence electrons. The van der Waals surface area contributed by atoms with Crippen molar-refractivity contribution in [1.82, 2.24) is 29.4 Å². The van der Waals surface area contributed by atoms with Crippen LogP contribution < -0.4 is 21.9 Å². The lowest BCUT2D eigenvalue weighted by Gasteiger charge is -2.12. The molecule has 0 radical (unpaired) electrons. The summed E-state index contributed by atoms with van der Waals surface area (Å²) in [4.78, 5) is 52.1. The first-order valence-corrected chi connectivity index (χ1v) is 11.9. The SMILES string of the molecule is Cc1ccc(Cn2c(=O)c3ccc(C(=O)NC(C)C)cc3n3c(=O)n(CC(=O)NC(C)C)nc23)cc1. The molecule has 0 spiro atoms. The second-order valence-corrected chi connectivity index (χ2v) is 9.53. The maximum absolute atomic E-state index is 13.6. The van der Waals surface area contributed by atoms with Crippen molar-refractivity contribution in [3.8, 4) is 0 Å². The predicted molar refractivity (Wildman–Crippen MR) is 137 cm³/mol. The molecule has 36 heavy (non-hydrogen) atoms. The first kappa shape index (κ1) is 24.9. The van der Waals surface area contributed by atoms with E-state index in [1.165, 1.54) is 15.0 Å². The standard InChI is InChI=1S/C26H30N6O4/c1-15(2)27-22(33)14-31-26(36)32-21-12-19(23(34)28-16(3)4)10-11-20(21)24(35)30(25(32)29-31)13-18-8-6-17(5)7-9-18/h6-12,15-16H,13-14H2,1-5H3,(H,27,33)(H,28,34). The van der Waals surface area contributed by atoms with Crippen molar-refractivity contribution in [2.75, 3.05) is 0 Å². The van der Waals surface area contributed by atoms with Gasteiger partial charge in [0, 0.05) is 17.6 Å². The molecule has 10 heteroatoms. The third-order valence-electron chi connectivity index (χ3n) is 5.66. The summed E-state index contributed by atoms with van der Waals surface area (Å²) in [5, 5.41) is 10.2. The van der Waals surface area contributed by atoms with E-state index < -0.39 is 5.69 Å². The molecule has 0 saturated heterocycles. The van der Waals surface area contributed by atoms with Gasteiger partial charge in [-0.3, -0.25) is 19.0 Å². The van der Waals surface area contributed by atoms with Crippen LogP contribution in [0.3, 0.4) is 0 Å². The number of fused-ring (bicyclic) bond motifs is 3. The Bertz CT molecular complexity index is 1570. The van der Waals surface area contributed by atoms with Crippen LogP contribution in [-0.4, -0.2) is 42.6 Å². The fraction of sp³-hybridized carbons (Fsp3) is 0.346. The smallest absolute Gasteiger partial charge is 0.352 e. The highest BCUT2D eigenvalue weighted by molar-refractivity contribution is 5.98. The molecule has 0 aliphatic rings. The topological polar surface area (TPSA) is 120 Å². The van der Waals surface area contributed by atoms with Crippen LogP contribution in [0.2, 0.25) is 0 Å². The molecule has 2 N–H and O–H groups in total. The minimum atomic E-state index is -0.576. The number of aromatic nitrogens is 4. The van der Waals surface area contributed by atoms with Gasteiger partial charge in [-0.25, -0.2) is 13.9 Å². The van der Waals surface area contributed by atoms with E-state index in [0.29, 0.717) is 5.56 Å². The number of aryl methyl sites for hydroxylation is 1. The fourth-order valence-corrected chi connectivity index (χ4v) is 4.03. The number of hydrogen-bond acceptors (Lipinski definition) is 5. The molecular formula is C26H30N6O4. The Labute approximate surface area is 207 Å². The summed E-state index contributed by atoms with van der Waals surface area (Å²) in [6.45, 7) is 9.19. The summed E-state index contributed by atoms with van der Waals surface area (Å²) < 4.78 is 3.75. The van der Waals surface area contributed by atoms with E-state index in [0.717, 1.165) is 15.8 Å². The van der Waals surface area contributed by atoms with Gasteiger partial charge in [0.25, 0.3) is 11.5 Å². The van der Waals surface area contributed by atoms with Gasteiger partial charge in [0.1, 0.15) is 6.54 Å². The maximum atomic E-state index is 13.6. The summed E-state index contributed by atoms with van der Waals surface area (Å²) in [6, 6.07) is 12.1. The van der Waals surface area contributed by atoms with E-state index in [4.69, 9.17) is 0 Å². The molecule has 2 aromatic carbocycles. The average Bonchev–Trinajstić information content (AvgIpc) is 3.12. The molecule has 0 aliphatic heterocycles. The molecule has 0 saturated carbocycles. The molecule has 2 heterocycles. The van der Waals surface area contributed by atoms with Crippen molar-refractivity contribution in [1.29, 1.82) is 0 Å². The highest BCUT2D eigenvalue weighted by atomic mass is 16.2. The Kier molecular flexibility index (Phi) is 6.78. The van der Waals surface area contributed by atoms with E-state index in [1.54, 1.807) is 12.1 Å². The van der Waals surface area contributed by atoms with Crippen molar-refractivity contribution >= 4 is 28.5 Å². The van der Waals surface area contributed by atoms with Gasteiger partial charge in [-0.1, -0.05) is 29.8 Å². The molecule has 0 aliphatic carbocycles.